The van der Waals surface area contributed by atoms with Crippen LogP contribution in [0.3, 0.4) is 0 Å². The fourth-order valence-corrected chi connectivity index (χ4v) is 3.18. The highest BCUT2D eigenvalue weighted by atomic mass is 16.5. The summed E-state index contributed by atoms with van der Waals surface area (Å²) in [7, 11) is 5.56. The highest BCUT2D eigenvalue weighted by molar-refractivity contribution is 5.94. The van der Waals surface area contributed by atoms with Crippen LogP contribution in [0.1, 0.15) is 24.4 Å². The minimum Gasteiger partial charge on any atom is -0.496 e. The highest BCUT2D eigenvalue weighted by Crippen LogP contribution is 2.30. The van der Waals surface area contributed by atoms with Crippen LogP contribution in [-0.2, 0) is 9.59 Å². The van der Waals surface area contributed by atoms with Crippen molar-refractivity contribution < 1.29 is 19.1 Å². The summed E-state index contributed by atoms with van der Waals surface area (Å²) in [4.78, 5) is 26.3. The van der Waals surface area contributed by atoms with Gasteiger partial charge < -0.3 is 25.0 Å². The molecule has 0 aromatic heterocycles. The number of anilines is 1. The van der Waals surface area contributed by atoms with Gasteiger partial charge in [-0.2, -0.15) is 0 Å². The summed E-state index contributed by atoms with van der Waals surface area (Å²) in [6, 6.07) is 14.8. The Morgan fingerprint density at radius 3 is 2.60 bits per heavy atom. The summed E-state index contributed by atoms with van der Waals surface area (Å²) in [5, 5.41) is 5.80. The molecule has 1 fully saturated rings. The van der Waals surface area contributed by atoms with E-state index in [4.69, 9.17) is 9.47 Å². The third-order valence-electron chi connectivity index (χ3n) is 5.03. The second-order valence-corrected chi connectivity index (χ2v) is 7.61. The third-order valence-corrected chi connectivity index (χ3v) is 5.03. The highest BCUT2D eigenvalue weighted by Gasteiger charge is 2.29. The van der Waals surface area contributed by atoms with Crippen LogP contribution in [0.5, 0.6) is 11.5 Å². The monoisotopic (exact) mass is 411 g/mol. The van der Waals surface area contributed by atoms with Crippen molar-refractivity contribution in [2.75, 3.05) is 39.7 Å². The summed E-state index contributed by atoms with van der Waals surface area (Å²) in [5.41, 5.74) is 1.68. The predicted octanol–water partition coefficient (Wildman–Crippen LogP) is 2.84. The molecule has 7 heteroatoms. The van der Waals surface area contributed by atoms with Gasteiger partial charge in [0.05, 0.1) is 13.2 Å². The Bertz CT molecular complexity index is 880. The first kappa shape index (κ1) is 21.6. The number of hydrogen-bond donors (Lipinski definition) is 2. The van der Waals surface area contributed by atoms with Crippen LogP contribution in [0.25, 0.3) is 0 Å². The van der Waals surface area contributed by atoms with Crippen molar-refractivity contribution in [3.05, 3.63) is 54.1 Å². The Kier molecular flexibility index (Phi) is 7.30. The van der Waals surface area contributed by atoms with Crippen LogP contribution in [0.2, 0.25) is 0 Å². The maximum atomic E-state index is 12.3. The Balaban J connectivity index is 1.52. The zero-order valence-electron chi connectivity index (χ0n) is 17.7. The van der Waals surface area contributed by atoms with Crippen molar-refractivity contribution in [2.45, 2.75) is 18.9 Å². The van der Waals surface area contributed by atoms with E-state index in [1.165, 1.54) is 0 Å². The van der Waals surface area contributed by atoms with Gasteiger partial charge >= 0.3 is 0 Å². The maximum Gasteiger partial charge on any atom is 0.258 e. The number of ether oxygens (including phenoxy) is 2. The van der Waals surface area contributed by atoms with Gasteiger partial charge in [0.2, 0.25) is 5.91 Å². The molecule has 7 nitrogen and oxygen atoms in total. The molecule has 1 aliphatic rings. The van der Waals surface area contributed by atoms with Gasteiger partial charge in [-0.1, -0.05) is 24.3 Å². The number of carbonyl (C=O) groups is 2. The summed E-state index contributed by atoms with van der Waals surface area (Å²) < 4.78 is 11.1. The van der Waals surface area contributed by atoms with Crippen molar-refractivity contribution in [1.82, 2.24) is 10.2 Å². The molecule has 160 valence electrons. The van der Waals surface area contributed by atoms with E-state index in [1.54, 1.807) is 25.3 Å². The lowest BCUT2D eigenvalue weighted by molar-refractivity contribution is -0.123. The smallest absolute Gasteiger partial charge is 0.258 e. The molecule has 1 aliphatic carbocycles. The SMILES string of the molecule is COc1ccccc1C(CNC(=O)COc1cccc(NC(=O)C2CC2)c1)N(C)C. The molecule has 2 N–H and O–H groups in total. The molecule has 30 heavy (non-hydrogen) atoms. The fourth-order valence-electron chi connectivity index (χ4n) is 3.18. The lowest BCUT2D eigenvalue weighted by Gasteiger charge is -2.26. The van der Waals surface area contributed by atoms with E-state index in [9.17, 15) is 9.59 Å². The van der Waals surface area contributed by atoms with Crippen LogP contribution in [-0.4, -0.2) is 51.1 Å². The van der Waals surface area contributed by atoms with E-state index < -0.39 is 0 Å². The second kappa shape index (κ2) is 10.1. The molecule has 0 bridgehead atoms. The first-order chi connectivity index (χ1) is 14.5. The van der Waals surface area contributed by atoms with Crippen LogP contribution in [0.4, 0.5) is 5.69 Å². The number of carbonyl (C=O) groups excluding carboxylic acids is 2. The van der Waals surface area contributed by atoms with Crippen LogP contribution < -0.4 is 20.1 Å². The minimum absolute atomic E-state index is 0.0361. The topological polar surface area (TPSA) is 79.9 Å². The number of amides is 2. The van der Waals surface area contributed by atoms with E-state index in [1.807, 2.05) is 49.3 Å². The second-order valence-electron chi connectivity index (χ2n) is 7.61. The number of nitrogens with zero attached hydrogens (tertiary/aromatic N) is 1. The van der Waals surface area contributed by atoms with Crippen molar-refractivity contribution in [2.24, 2.45) is 5.92 Å². The van der Waals surface area contributed by atoms with Gasteiger partial charge in [0.25, 0.3) is 5.91 Å². The van der Waals surface area contributed by atoms with E-state index in [2.05, 4.69) is 10.6 Å². The zero-order chi connectivity index (χ0) is 21.5. The summed E-state index contributed by atoms with van der Waals surface area (Å²) >= 11 is 0. The maximum absolute atomic E-state index is 12.3. The minimum atomic E-state index is -0.218. The van der Waals surface area contributed by atoms with Crippen LogP contribution in [0.15, 0.2) is 48.5 Å². The largest absolute Gasteiger partial charge is 0.496 e. The molecule has 1 unspecified atom stereocenters. The van der Waals surface area contributed by atoms with E-state index in [0.717, 1.165) is 24.2 Å². The molecule has 0 heterocycles. The standard InChI is InChI=1S/C23H29N3O4/c1-26(2)20(19-9-4-5-10-21(19)29-3)14-24-22(27)15-30-18-8-6-7-17(13-18)25-23(28)16-11-12-16/h4-10,13,16,20H,11-12,14-15H2,1-3H3,(H,24,27)(H,25,28). The van der Waals surface area contributed by atoms with E-state index >= 15 is 0 Å². The number of nitrogens with one attached hydrogen (secondary N) is 2. The molecule has 0 aliphatic heterocycles. The molecule has 3 rings (SSSR count). The van der Waals surface area contributed by atoms with Crippen molar-refractivity contribution in [1.29, 1.82) is 0 Å². The van der Waals surface area contributed by atoms with E-state index in [-0.39, 0.29) is 30.4 Å². The number of para-hydroxylation sites is 1. The van der Waals surface area contributed by atoms with Gasteiger partial charge in [0.15, 0.2) is 6.61 Å². The van der Waals surface area contributed by atoms with Crippen LogP contribution >= 0.6 is 0 Å². The summed E-state index contributed by atoms with van der Waals surface area (Å²) in [6.45, 7) is 0.319. The molecule has 2 aromatic carbocycles. The average molecular weight is 412 g/mol. The van der Waals surface area contributed by atoms with Gasteiger partial charge in [-0.25, -0.2) is 0 Å². The molecular formula is C23H29N3O4. The van der Waals surface area contributed by atoms with Crippen molar-refractivity contribution in [3.63, 3.8) is 0 Å². The molecule has 2 amide bonds. The fraction of sp³-hybridized carbons (Fsp3) is 0.391. The number of likely N-dealkylation sites (N-methyl/N-ethyl adjacent to an activating group) is 1. The molecule has 1 atom stereocenters. The Morgan fingerprint density at radius 1 is 1.13 bits per heavy atom. The van der Waals surface area contributed by atoms with E-state index in [0.29, 0.717) is 18.0 Å². The van der Waals surface area contributed by atoms with Gasteiger partial charge in [-0.3, -0.25) is 9.59 Å². The zero-order valence-corrected chi connectivity index (χ0v) is 17.7. The first-order valence-corrected chi connectivity index (χ1v) is 10.1. The van der Waals surface area contributed by atoms with Gasteiger partial charge in [0, 0.05) is 29.8 Å². The first-order valence-electron chi connectivity index (χ1n) is 10.1. The normalized spacial score (nSPS) is 14.1. The number of rotatable bonds is 10. The van der Waals surface area contributed by atoms with Gasteiger partial charge in [-0.15, -0.1) is 0 Å². The number of benzene rings is 2. The predicted molar refractivity (Wildman–Crippen MR) is 116 cm³/mol. The quantitative estimate of drug-likeness (QED) is 0.629. The average Bonchev–Trinajstić information content (AvgIpc) is 3.58. The Morgan fingerprint density at radius 2 is 1.90 bits per heavy atom. The molecule has 0 spiro atoms. The molecule has 0 saturated heterocycles. The summed E-state index contributed by atoms with van der Waals surface area (Å²) in [5.74, 6) is 1.27. The van der Waals surface area contributed by atoms with Gasteiger partial charge in [0.1, 0.15) is 11.5 Å². The Hall–Kier alpha value is -3.06. The van der Waals surface area contributed by atoms with Crippen molar-refractivity contribution >= 4 is 17.5 Å². The third kappa shape index (κ3) is 5.97. The number of hydrogen-bond acceptors (Lipinski definition) is 5. The molecular weight excluding hydrogens is 382 g/mol. The van der Waals surface area contributed by atoms with Crippen molar-refractivity contribution in [3.8, 4) is 11.5 Å². The Labute approximate surface area is 177 Å². The number of methoxy groups -OCH3 is 1. The lowest BCUT2D eigenvalue weighted by Crippen LogP contribution is -2.37. The molecule has 1 saturated carbocycles. The van der Waals surface area contributed by atoms with Gasteiger partial charge in [-0.05, 0) is 45.1 Å². The molecule has 0 radical (unpaired) electrons. The van der Waals surface area contributed by atoms with Crippen LogP contribution in [0, 0.1) is 5.92 Å². The summed E-state index contributed by atoms with van der Waals surface area (Å²) in [6.07, 6.45) is 1.90. The molecule has 2 aromatic rings. The lowest BCUT2D eigenvalue weighted by atomic mass is 10.0.